The lowest BCUT2D eigenvalue weighted by Crippen LogP contribution is -2.54. The van der Waals surface area contributed by atoms with Crippen LogP contribution in [0.15, 0.2) is 12.7 Å². The van der Waals surface area contributed by atoms with Gasteiger partial charge in [-0.25, -0.2) is 4.79 Å². The largest absolute Gasteiger partial charge is 0.323 e. The molecule has 1 unspecified atom stereocenters. The summed E-state index contributed by atoms with van der Waals surface area (Å²) in [6.45, 7) is 3.42. The van der Waals surface area contributed by atoms with Gasteiger partial charge in [-0.2, -0.15) is 0 Å². The Hall–Kier alpha value is -1.36. The summed E-state index contributed by atoms with van der Waals surface area (Å²) in [5.74, 6) is -0.512. The van der Waals surface area contributed by atoms with Crippen LogP contribution in [0.1, 0.15) is 6.42 Å². The second-order valence-electron chi connectivity index (χ2n) is 2.37. The number of hydrogen-bond donors (Lipinski definition) is 3. The summed E-state index contributed by atoms with van der Waals surface area (Å²) < 4.78 is 0. The Labute approximate surface area is 63.6 Å². The minimum atomic E-state index is -1.29. The zero-order chi connectivity index (χ0) is 8.48. The predicted molar refractivity (Wildman–Crippen MR) is 38.4 cm³/mol. The SMILES string of the molecule is C=CCC1(N)NC(=O)NC1=O. The second-order valence-corrected chi connectivity index (χ2v) is 2.37. The number of nitrogens with one attached hydrogen (secondary N) is 2. The summed E-state index contributed by atoms with van der Waals surface area (Å²) in [6, 6.07) is -0.556. The molecular formula is C6H9N3O2. The highest BCUT2D eigenvalue weighted by molar-refractivity contribution is 6.06. The molecule has 0 aromatic rings. The fourth-order valence-corrected chi connectivity index (χ4v) is 0.877. The number of nitrogens with two attached hydrogens (primary N) is 1. The van der Waals surface area contributed by atoms with Crippen LogP contribution in [0.4, 0.5) is 4.79 Å². The molecule has 0 radical (unpaired) electrons. The monoisotopic (exact) mass is 155 g/mol. The van der Waals surface area contributed by atoms with E-state index in [0.29, 0.717) is 0 Å². The van der Waals surface area contributed by atoms with E-state index in [1.165, 1.54) is 6.08 Å². The number of carbonyl (C=O) groups excluding carboxylic acids is 2. The lowest BCUT2D eigenvalue weighted by molar-refractivity contribution is -0.123. The van der Waals surface area contributed by atoms with E-state index in [2.05, 4.69) is 11.9 Å². The van der Waals surface area contributed by atoms with Gasteiger partial charge in [0, 0.05) is 6.42 Å². The Morgan fingerprint density at radius 3 is 2.64 bits per heavy atom. The maximum absolute atomic E-state index is 10.9. The summed E-state index contributed by atoms with van der Waals surface area (Å²) in [4.78, 5) is 21.5. The fourth-order valence-electron chi connectivity index (χ4n) is 0.877. The van der Waals surface area contributed by atoms with Crippen molar-refractivity contribution in [3.05, 3.63) is 12.7 Å². The number of urea groups is 1. The summed E-state index contributed by atoms with van der Waals surface area (Å²) in [7, 11) is 0. The van der Waals surface area contributed by atoms with Gasteiger partial charge in [-0.15, -0.1) is 6.58 Å². The van der Waals surface area contributed by atoms with Crippen molar-refractivity contribution in [2.24, 2.45) is 5.73 Å². The van der Waals surface area contributed by atoms with E-state index in [1.54, 1.807) is 0 Å². The first-order valence-electron chi connectivity index (χ1n) is 3.12. The van der Waals surface area contributed by atoms with Crippen molar-refractivity contribution in [3.8, 4) is 0 Å². The van der Waals surface area contributed by atoms with Crippen LogP contribution in [-0.2, 0) is 4.79 Å². The van der Waals surface area contributed by atoms with Crippen molar-refractivity contribution in [3.63, 3.8) is 0 Å². The van der Waals surface area contributed by atoms with Gasteiger partial charge in [-0.05, 0) is 0 Å². The third-order valence-corrected chi connectivity index (χ3v) is 1.44. The number of carbonyl (C=O) groups is 2. The Bertz CT molecular complexity index is 226. The van der Waals surface area contributed by atoms with Gasteiger partial charge in [-0.3, -0.25) is 10.1 Å². The first-order chi connectivity index (χ1) is 5.08. The van der Waals surface area contributed by atoms with E-state index in [0.717, 1.165) is 0 Å². The number of imide groups is 1. The Morgan fingerprint density at radius 2 is 2.27 bits per heavy atom. The van der Waals surface area contributed by atoms with E-state index >= 15 is 0 Å². The van der Waals surface area contributed by atoms with E-state index in [-0.39, 0.29) is 6.42 Å². The highest BCUT2D eigenvalue weighted by Gasteiger charge is 2.41. The molecule has 3 amide bonds. The van der Waals surface area contributed by atoms with Crippen molar-refractivity contribution in [1.82, 2.24) is 10.6 Å². The standard InChI is InChI=1S/C6H9N3O2/c1-2-3-6(7)4(10)8-5(11)9-6/h2H,1,3,7H2,(H2,8,9,10,11). The molecule has 1 aliphatic heterocycles. The molecule has 0 aliphatic carbocycles. The van der Waals surface area contributed by atoms with Gasteiger partial charge in [0.05, 0.1) is 0 Å². The van der Waals surface area contributed by atoms with Gasteiger partial charge in [0.2, 0.25) is 0 Å². The molecule has 1 heterocycles. The highest BCUT2D eigenvalue weighted by Crippen LogP contribution is 2.07. The van der Waals surface area contributed by atoms with Crippen LogP contribution in [0, 0.1) is 0 Å². The molecule has 1 saturated heterocycles. The van der Waals surface area contributed by atoms with E-state index in [9.17, 15) is 9.59 Å². The molecule has 11 heavy (non-hydrogen) atoms. The molecule has 0 saturated carbocycles. The smallest absolute Gasteiger partial charge is 0.311 e. The van der Waals surface area contributed by atoms with Crippen molar-refractivity contribution < 1.29 is 9.59 Å². The molecule has 5 nitrogen and oxygen atoms in total. The highest BCUT2D eigenvalue weighted by atomic mass is 16.2. The van der Waals surface area contributed by atoms with Crippen molar-refractivity contribution >= 4 is 11.9 Å². The van der Waals surface area contributed by atoms with Gasteiger partial charge in [-0.1, -0.05) is 6.08 Å². The van der Waals surface area contributed by atoms with Gasteiger partial charge >= 0.3 is 6.03 Å². The van der Waals surface area contributed by atoms with Gasteiger partial charge in [0.25, 0.3) is 5.91 Å². The molecule has 0 spiro atoms. The van der Waals surface area contributed by atoms with Crippen LogP contribution in [0.25, 0.3) is 0 Å². The van der Waals surface area contributed by atoms with Crippen LogP contribution in [0.5, 0.6) is 0 Å². The van der Waals surface area contributed by atoms with Crippen molar-refractivity contribution in [2.45, 2.75) is 12.1 Å². The second kappa shape index (κ2) is 2.35. The molecule has 4 N–H and O–H groups in total. The Balaban J connectivity index is 2.78. The minimum Gasteiger partial charge on any atom is -0.311 e. The number of hydrogen-bond acceptors (Lipinski definition) is 3. The molecule has 0 bridgehead atoms. The van der Waals surface area contributed by atoms with Gasteiger partial charge in [0.1, 0.15) is 0 Å². The molecular weight excluding hydrogens is 146 g/mol. The van der Waals surface area contributed by atoms with Crippen LogP contribution < -0.4 is 16.4 Å². The zero-order valence-corrected chi connectivity index (χ0v) is 5.89. The van der Waals surface area contributed by atoms with E-state index < -0.39 is 17.6 Å². The Kier molecular flexibility index (Phi) is 1.66. The number of rotatable bonds is 2. The van der Waals surface area contributed by atoms with E-state index in [1.807, 2.05) is 5.32 Å². The van der Waals surface area contributed by atoms with Crippen LogP contribution in [0.3, 0.4) is 0 Å². The molecule has 1 fully saturated rings. The lowest BCUT2D eigenvalue weighted by Gasteiger charge is -2.17. The molecule has 1 rings (SSSR count). The van der Waals surface area contributed by atoms with Gasteiger partial charge in [0.15, 0.2) is 5.66 Å². The van der Waals surface area contributed by atoms with E-state index in [4.69, 9.17) is 5.73 Å². The topological polar surface area (TPSA) is 84.2 Å². The third-order valence-electron chi connectivity index (χ3n) is 1.44. The first-order valence-corrected chi connectivity index (χ1v) is 3.12. The van der Waals surface area contributed by atoms with Crippen LogP contribution in [-0.4, -0.2) is 17.6 Å². The minimum absolute atomic E-state index is 0.227. The zero-order valence-electron chi connectivity index (χ0n) is 5.89. The fraction of sp³-hybridized carbons (Fsp3) is 0.333. The lowest BCUT2D eigenvalue weighted by atomic mass is 10.1. The van der Waals surface area contributed by atoms with Gasteiger partial charge < -0.3 is 11.1 Å². The third kappa shape index (κ3) is 1.22. The van der Waals surface area contributed by atoms with Crippen molar-refractivity contribution in [1.29, 1.82) is 0 Å². The summed E-state index contributed by atoms with van der Waals surface area (Å²) in [6.07, 6.45) is 1.70. The molecule has 1 aliphatic rings. The first kappa shape index (κ1) is 7.74. The molecule has 0 aromatic heterocycles. The maximum Gasteiger partial charge on any atom is 0.323 e. The number of amides is 3. The normalized spacial score (nSPS) is 29.5. The molecule has 60 valence electrons. The molecule has 5 heteroatoms. The summed E-state index contributed by atoms with van der Waals surface area (Å²) in [5.41, 5.74) is 4.20. The predicted octanol–water partition coefficient (Wildman–Crippen LogP) is -0.943. The molecule has 1 atom stereocenters. The summed E-state index contributed by atoms with van der Waals surface area (Å²) in [5, 5.41) is 4.32. The van der Waals surface area contributed by atoms with Crippen molar-refractivity contribution in [2.75, 3.05) is 0 Å². The van der Waals surface area contributed by atoms with Crippen LogP contribution >= 0.6 is 0 Å². The Morgan fingerprint density at radius 1 is 1.64 bits per heavy atom. The maximum atomic E-state index is 10.9. The average Bonchev–Trinajstić information content (AvgIpc) is 2.08. The average molecular weight is 155 g/mol. The van der Waals surface area contributed by atoms with Crippen LogP contribution in [0.2, 0.25) is 0 Å². The molecule has 0 aromatic carbocycles. The quantitative estimate of drug-likeness (QED) is 0.355. The summed E-state index contributed by atoms with van der Waals surface area (Å²) >= 11 is 0.